The molecule has 0 spiro atoms. The number of rotatable bonds is 7. The van der Waals surface area contributed by atoms with Crippen LogP contribution in [-0.2, 0) is 16.0 Å². The number of nitrogens with one attached hydrogen (secondary N) is 2. The van der Waals surface area contributed by atoms with E-state index in [0.29, 0.717) is 18.6 Å². The van der Waals surface area contributed by atoms with Crippen LogP contribution >= 0.6 is 0 Å². The fourth-order valence-electron chi connectivity index (χ4n) is 2.81. The average molecular weight is 388 g/mol. The Balaban J connectivity index is 1.43. The van der Waals surface area contributed by atoms with E-state index in [1.54, 1.807) is 6.92 Å². The molecule has 3 aromatic carbocycles. The highest BCUT2D eigenvalue weighted by Gasteiger charge is 2.15. The molecule has 0 heterocycles. The molecule has 0 radical (unpaired) electrons. The Hall–Kier alpha value is -3.60. The summed E-state index contributed by atoms with van der Waals surface area (Å²) in [5.74, 6) is -0.0745. The first-order valence-electron chi connectivity index (χ1n) is 9.56. The molecule has 2 N–H and O–H groups in total. The van der Waals surface area contributed by atoms with Gasteiger partial charge in [-0.05, 0) is 42.2 Å². The number of amides is 2. The molecule has 0 aromatic heterocycles. The average Bonchev–Trinajstić information content (AvgIpc) is 2.77. The number of aryl methyl sites for hydroxylation is 1. The summed E-state index contributed by atoms with van der Waals surface area (Å²) in [4.78, 5) is 24.1. The molecule has 0 aliphatic rings. The number of hydrogen-bond acceptors (Lipinski definition) is 3. The zero-order valence-electron chi connectivity index (χ0n) is 16.3. The second-order valence-electron chi connectivity index (χ2n) is 6.67. The van der Waals surface area contributed by atoms with Crippen molar-refractivity contribution in [3.63, 3.8) is 0 Å². The Kier molecular flexibility index (Phi) is 7.00. The summed E-state index contributed by atoms with van der Waals surface area (Å²) in [5, 5.41) is 0. The van der Waals surface area contributed by atoms with Crippen LogP contribution in [0.2, 0.25) is 0 Å². The first kappa shape index (κ1) is 20.1. The van der Waals surface area contributed by atoms with Crippen LogP contribution in [0.3, 0.4) is 0 Å². The number of ether oxygens (including phenoxy) is 1. The van der Waals surface area contributed by atoms with Crippen molar-refractivity contribution in [1.29, 1.82) is 0 Å². The second kappa shape index (κ2) is 10.1. The first-order valence-corrected chi connectivity index (χ1v) is 9.56. The molecule has 148 valence electrons. The molecular formula is C24H24N2O3. The lowest BCUT2D eigenvalue weighted by molar-refractivity contribution is -0.132. The van der Waals surface area contributed by atoms with E-state index in [0.717, 1.165) is 16.7 Å². The fraction of sp³-hybridized carbons (Fsp3) is 0.167. The molecular weight excluding hydrogens is 364 g/mol. The van der Waals surface area contributed by atoms with Gasteiger partial charge in [0.25, 0.3) is 5.91 Å². The summed E-state index contributed by atoms with van der Waals surface area (Å²) in [6.45, 7) is 1.64. The van der Waals surface area contributed by atoms with E-state index in [4.69, 9.17) is 4.74 Å². The van der Waals surface area contributed by atoms with Crippen molar-refractivity contribution in [3.05, 3.63) is 90.5 Å². The Morgan fingerprint density at radius 3 is 2.03 bits per heavy atom. The van der Waals surface area contributed by atoms with Gasteiger partial charge in [-0.2, -0.15) is 0 Å². The summed E-state index contributed by atoms with van der Waals surface area (Å²) >= 11 is 0. The quantitative estimate of drug-likeness (QED) is 0.603. The lowest BCUT2D eigenvalue weighted by Gasteiger charge is -2.15. The fourth-order valence-corrected chi connectivity index (χ4v) is 2.81. The third-order valence-corrected chi connectivity index (χ3v) is 4.45. The smallest absolute Gasteiger partial charge is 0.279 e. The second-order valence-corrected chi connectivity index (χ2v) is 6.67. The van der Waals surface area contributed by atoms with Gasteiger partial charge < -0.3 is 4.74 Å². The number of hydrazine groups is 1. The highest BCUT2D eigenvalue weighted by atomic mass is 16.5. The molecule has 5 heteroatoms. The number of hydrogen-bond donors (Lipinski definition) is 2. The van der Waals surface area contributed by atoms with E-state index in [-0.39, 0.29) is 5.91 Å². The van der Waals surface area contributed by atoms with E-state index >= 15 is 0 Å². The highest BCUT2D eigenvalue weighted by molar-refractivity contribution is 5.84. The van der Waals surface area contributed by atoms with Crippen molar-refractivity contribution < 1.29 is 14.3 Å². The molecule has 0 fully saturated rings. The van der Waals surface area contributed by atoms with Gasteiger partial charge in [-0.25, -0.2) is 0 Å². The van der Waals surface area contributed by atoms with E-state index in [1.165, 1.54) is 0 Å². The third-order valence-electron chi connectivity index (χ3n) is 4.45. The molecule has 0 bridgehead atoms. The predicted molar refractivity (Wildman–Crippen MR) is 113 cm³/mol. The molecule has 3 rings (SSSR count). The van der Waals surface area contributed by atoms with Crippen molar-refractivity contribution in [2.24, 2.45) is 0 Å². The molecule has 1 atom stereocenters. The Morgan fingerprint density at radius 1 is 0.793 bits per heavy atom. The molecule has 1 unspecified atom stereocenters. The van der Waals surface area contributed by atoms with Gasteiger partial charge in [-0.15, -0.1) is 0 Å². The van der Waals surface area contributed by atoms with Crippen LogP contribution in [0.1, 0.15) is 18.9 Å². The van der Waals surface area contributed by atoms with Gasteiger partial charge >= 0.3 is 0 Å². The normalized spacial score (nSPS) is 11.3. The van der Waals surface area contributed by atoms with Gasteiger partial charge in [0, 0.05) is 6.42 Å². The van der Waals surface area contributed by atoms with E-state index in [9.17, 15) is 9.59 Å². The van der Waals surface area contributed by atoms with Crippen molar-refractivity contribution >= 4 is 11.8 Å². The lowest BCUT2D eigenvalue weighted by atomic mass is 10.1. The molecule has 0 aliphatic heterocycles. The van der Waals surface area contributed by atoms with Gasteiger partial charge in [0.1, 0.15) is 5.75 Å². The summed E-state index contributed by atoms with van der Waals surface area (Å²) in [6.07, 6.45) is 0.162. The van der Waals surface area contributed by atoms with Gasteiger partial charge in [0.05, 0.1) is 0 Å². The maximum atomic E-state index is 12.2. The monoisotopic (exact) mass is 388 g/mol. The van der Waals surface area contributed by atoms with Crippen molar-refractivity contribution in [2.45, 2.75) is 25.9 Å². The molecule has 29 heavy (non-hydrogen) atoms. The van der Waals surface area contributed by atoms with Crippen LogP contribution in [0, 0.1) is 0 Å². The van der Waals surface area contributed by atoms with E-state index in [2.05, 4.69) is 10.9 Å². The largest absolute Gasteiger partial charge is 0.481 e. The van der Waals surface area contributed by atoms with Crippen LogP contribution in [0.4, 0.5) is 0 Å². The predicted octanol–water partition coefficient (Wildman–Crippen LogP) is 3.90. The van der Waals surface area contributed by atoms with Crippen molar-refractivity contribution in [2.75, 3.05) is 0 Å². The van der Waals surface area contributed by atoms with Crippen LogP contribution in [0.15, 0.2) is 84.9 Å². The summed E-state index contributed by atoms with van der Waals surface area (Å²) < 4.78 is 5.67. The Bertz CT molecular complexity index is 925. The summed E-state index contributed by atoms with van der Waals surface area (Å²) in [6, 6.07) is 27.3. The van der Waals surface area contributed by atoms with Crippen molar-refractivity contribution in [3.8, 4) is 16.9 Å². The standard InChI is InChI=1S/C24H24N2O3/c1-18(24(28)26-25-23(27)17-12-19-8-4-2-5-9-19)29-22-15-13-21(14-16-22)20-10-6-3-7-11-20/h2-11,13-16,18H,12,17H2,1H3,(H,25,27)(H,26,28). The van der Waals surface area contributed by atoms with E-state index < -0.39 is 12.0 Å². The van der Waals surface area contributed by atoms with Gasteiger partial charge in [-0.3, -0.25) is 20.4 Å². The minimum atomic E-state index is -0.744. The van der Waals surface area contributed by atoms with Crippen molar-refractivity contribution in [1.82, 2.24) is 10.9 Å². The molecule has 2 amide bonds. The maximum Gasteiger partial charge on any atom is 0.279 e. The topological polar surface area (TPSA) is 67.4 Å². The molecule has 3 aromatic rings. The summed E-state index contributed by atoms with van der Waals surface area (Å²) in [5.41, 5.74) is 8.10. The molecule has 0 saturated carbocycles. The van der Waals surface area contributed by atoms with Crippen LogP contribution in [0.25, 0.3) is 11.1 Å². The molecule has 0 aliphatic carbocycles. The Labute approximate surface area is 170 Å². The number of carbonyl (C=O) groups excluding carboxylic acids is 2. The van der Waals surface area contributed by atoms with Crippen LogP contribution in [-0.4, -0.2) is 17.9 Å². The van der Waals surface area contributed by atoms with Gasteiger partial charge in [0.15, 0.2) is 6.10 Å². The molecule has 0 saturated heterocycles. The van der Waals surface area contributed by atoms with E-state index in [1.807, 2.05) is 84.9 Å². The minimum Gasteiger partial charge on any atom is -0.481 e. The third kappa shape index (κ3) is 6.21. The van der Waals surface area contributed by atoms with Crippen LogP contribution in [0.5, 0.6) is 5.75 Å². The first-order chi connectivity index (χ1) is 14.1. The zero-order chi connectivity index (χ0) is 20.5. The lowest BCUT2D eigenvalue weighted by Crippen LogP contribution is -2.47. The molecule has 5 nitrogen and oxygen atoms in total. The summed E-state index contributed by atoms with van der Waals surface area (Å²) in [7, 11) is 0. The SMILES string of the molecule is CC(Oc1ccc(-c2ccccc2)cc1)C(=O)NNC(=O)CCc1ccccc1. The number of benzene rings is 3. The van der Waals surface area contributed by atoms with Crippen LogP contribution < -0.4 is 15.6 Å². The minimum absolute atomic E-state index is 0.249. The zero-order valence-corrected chi connectivity index (χ0v) is 16.3. The Morgan fingerprint density at radius 2 is 1.38 bits per heavy atom. The maximum absolute atomic E-state index is 12.2. The van der Waals surface area contributed by atoms with Gasteiger partial charge in [0.2, 0.25) is 5.91 Å². The highest BCUT2D eigenvalue weighted by Crippen LogP contribution is 2.22. The van der Waals surface area contributed by atoms with Gasteiger partial charge in [-0.1, -0.05) is 72.8 Å². The number of carbonyl (C=O) groups is 2.